The van der Waals surface area contributed by atoms with Crippen LogP contribution in [0.25, 0.3) is 0 Å². The van der Waals surface area contributed by atoms with Crippen molar-refractivity contribution in [2.75, 3.05) is 6.61 Å². The first kappa shape index (κ1) is 9.04. The molecule has 2 rings (SSSR count). The maximum atomic E-state index is 10.9. The summed E-state index contributed by atoms with van der Waals surface area (Å²) in [7, 11) is 0. The molecule has 1 saturated carbocycles. The Balaban J connectivity index is 1.82. The average molecular weight is 182 g/mol. The quantitative estimate of drug-likeness (QED) is 0.582. The number of carbonyl (C=O) groups excluding carboxylic acids is 1. The van der Waals surface area contributed by atoms with Crippen LogP contribution in [0.1, 0.15) is 44.9 Å². The molecule has 74 valence electrons. The van der Waals surface area contributed by atoms with E-state index in [4.69, 9.17) is 4.74 Å². The monoisotopic (exact) mass is 182 g/mol. The van der Waals surface area contributed by atoms with Crippen LogP contribution in [0.2, 0.25) is 0 Å². The predicted octanol–water partition coefficient (Wildman–Crippen LogP) is 2.52. The summed E-state index contributed by atoms with van der Waals surface area (Å²) in [5.74, 6) is 1.53. The van der Waals surface area contributed by atoms with E-state index in [9.17, 15) is 4.79 Å². The molecule has 2 aliphatic rings. The highest BCUT2D eigenvalue weighted by Gasteiger charge is 2.28. The molecule has 0 radical (unpaired) electrons. The number of cyclic esters (lactones) is 1. The third kappa shape index (κ3) is 2.23. The Hall–Kier alpha value is -0.530. The smallest absolute Gasteiger partial charge is 0.305 e. The highest BCUT2D eigenvalue weighted by Crippen LogP contribution is 2.34. The SMILES string of the molecule is O=C1CCC(C2CCCCC2)CO1. The molecule has 2 heteroatoms. The Labute approximate surface area is 79.7 Å². The molecule has 0 aromatic heterocycles. The summed E-state index contributed by atoms with van der Waals surface area (Å²) in [6.07, 6.45) is 8.63. The first-order valence-electron chi connectivity index (χ1n) is 5.52. The number of esters is 1. The molecule has 1 atom stereocenters. The molecule has 0 aromatic rings. The van der Waals surface area contributed by atoms with Crippen molar-refractivity contribution in [3.05, 3.63) is 0 Å². The Kier molecular flexibility index (Phi) is 2.87. The van der Waals surface area contributed by atoms with Crippen molar-refractivity contribution in [3.8, 4) is 0 Å². The van der Waals surface area contributed by atoms with Gasteiger partial charge < -0.3 is 4.74 Å². The molecule has 0 N–H and O–H groups in total. The van der Waals surface area contributed by atoms with Gasteiger partial charge in [0.05, 0.1) is 6.61 Å². The minimum atomic E-state index is 0.00654. The lowest BCUT2D eigenvalue weighted by molar-refractivity contribution is -0.150. The van der Waals surface area contributed by atoms with Gasteiger partial charge in [-0.1, -0.05) is 32.1 Å². The van der Waals surface area contributed by atoms with Crippen LogP contribution in [0.3, 0.4) is 0 Å². The van der Waals surface area contributed by atoms with E-state index in [1.54, 1.807) is 0 Å². The zero-order chi connectivity index (χ0) is 9.10. The largest absolute Gasteiger partial charge is 0.465 e. The highest BCUT2D eigenvalue weighted by atomic mass is 16.5. The van der Waals surface area contributed by atoms with Crippen LogP contribution in [0.4, 0.5) is 0 Å². The van der Waals surface area contributed by atoms with Crippen molar-refractivity contribution in [2.45, 2.75) is 44.9 Å². The van der Waals surface area contributed by atoms with Gasteiger partial charge in [-0.25, -0.2) is 0 Å². The van der Waals surface area contributed by atoms with Gasteiger partial charge in [-0.2, -0.15) is 0 Å². The summed E-state index contributed by atoms with van der Waals surface area (Å²) in [4.78, 5) is 10.9. The van der Waals surface area contributed by atoms with Gasteiger partial charge >= 0.3 is 5.97 Å². The van der Waals surface area contributed by atoms with Gasteiger partial charge in [0.15, 0.2) is 0 Å². The van der Waals surface area contributed by atoms with E-state index in [-0.39, 0.29) is 5.97 Å². The number of hydrogen-bond donors (Lipinski definition) is 0. The molecule has 0 bridgehead atoms. The van der Waals surface area contributed by atoms with Crippen LogP contribution in [0.5, 0.6) is 0 Å². The summed E-state index contributed by atoms with van der Waals surface area (Å²) in [6.45, 7) is 0.698. The van der Waals surface area contributed by atoms with Crippen molar-refractivity contribution in [1.29, 1.82) is 0 Å². The standard InChI is InChI=1S/C11H18O2/c12-11-7-6-10(8-13-11)9-4-2-1-3-5-9/h9-10H,1-8H2. The number of carbonyl (C=O) groups is 1. The van der Waals surface area contributed by atoms with Crippen LogP contribution < -0.4 is 0 Å². The van der Waals surface area contributed by atoms with Gasteiger partial charge in [-0.15, -0.1) is 0 Å². The zero-order valence-electron chi connectivity index (χ0n) is 8.13. The normalized spacial score (nSPS) is 31.4. The lowest BCUT2D eigenvalue weighted by Crippen LogP contribution is -2.28. The lowest BCUT2D eigenvalue weighted by Gasteiger charge is -2.32. The molecule has 1 aliphatic carbocycles. The van der Waals surface area contributed by atoms with E-state index < -0.39 is 0 Å². The molecule has 1 unspecified atom stereocenters. The number of ether oxygens (including phenoxy) is 1. The molecule has 0 spiro atoms. The predicted molar refractivity (Wildman–Crippen MR) is 50.3 cm³/mol. The maximum Gasteiger partial charge on any atom is 0.305 e. The van der Waals surface area contributed by atoms with Gasteiger partial charge in [-0.3, -0.25) is 4.79 Å². The fraction of sp³-hybridized carbons (Fsp3) is 0.909. The van der Waals surface area contributed by atoms with Crippen molar-refractivity contribution >= 4 is 5.97 Å². The second-order valence-electron chi connectivity index (χ2n) is 4.38. The molecule has 2 fully saturated rings. The summed E-state index contributed by atoms with van der Waals surface area (Å²) >= 11 is 0. The summed E-state index contributed by atoms with van der Waals surface area (Å²) < 4.78 is 5.10. The minimum absolute atomic E-state index is 0.00654. The van der Waals surface area contributed by atoms with E-state index >= 15 is 0 Å². The van der Waals surface area contributed by atoms with Crippen LogP contribution in [0.15, 0.2) is 0 Å². The Morgan fingerprint density at radius 2 is 1.77 bits per heavy atom. The van der Waals surface area contributed by atoms with E-state index in [1.165, 1.54) is 32.1 Å². The summed E-state index contributed by atoms with van der Waals surface area (Å²) in [5.41, 5.74) is 0. The molecule has 0 aromatic carbocycles. The topological polar surface area (TPSA) is 26.3 Å². The minimum Gasteiger partial charge on any atom is -0.465 e. The van der Waals surface area contributed by atoms with Gasteiger partial charge in [0.25, 0.3) is 0 Å². The van der Waals surface area contributed by atoms with E-state index in [2.05, 4.69) is 0 Å². The number of rotatable bonds is 1. The highest BCUT2D eigenvalue weighted by molar-refractivity contribution is 5.69. The van der Waals surface area contributed by atoms with E-state index in [0.29, 0.717) is 18.9 Å². The molecule has 1 aliphatic heterocycles. The molecule has 0 amide bonds. The van der Waals surface area contributed by atoms with Crippen molar-refractivity contribution in [3.63, 3.8) is 0 Å². The molecular formula is C11H18O2. The fourth-order valence-electron chi connectivity index (χ4n) is 2.64. The lowest BCUT2D eigenvalue weighted by atomic mass is 9.78. The van der Waals surface area contributed by atoms with E-state index in [1.807, 2.05) is 0 Å². The summed E-state index contributed by atoms with van der Waals surface area (Å²) in [6, 6.07) is 0. The Morgan fingerprint density at radius 3 is 2.38 bits per heavy atom. The molecule has 1 heterocycles. The second kappa shape index (κ2) is 4.12. The van der Waals surface area contributed by atoms with E-state index in [0.717, 1.165) is 12.3 Å². The Morgan fingerprint density at radius 1 is 1.00 bits per heavy atom. The first-order valence-corrected chi connectivity index (χ1v) is 5.52. The molecule has 13 heavy (non-hydrogen) atoms. The van der Waals surface area contributed by atoms with Crippen LogP contribution in [-0.2, 0) is 9.53 Å². The van der Waals surface area contributed by atoms with Gasteiger partial charge in [0, 0.05) is 6.42 Å². The van der Waals surface area contributed by atoms with Crippen molar-refractivity contribution in [2.24, 2.45) is 11.8 Å². The number of hydrogen-bond acceptors (Lipinski definition) is 2. The van der Waals surface area contributed by atoms with Crippen LogP contribution in [-0.4, -0.2) is 12.6 Å². The molecule has 1 saturated heterocycles. The Bertz CT molecular complexity index is 173. The third-order valence-electron chi connectivity index (χ3n) is 3.49. The average Bonchev–Trinajstić information content (AvgIpc) is 2.20. The molecular weight excluding hydrogens is 164 g/mol. The van der Waals surface area contributed by atoms with Gasteiger partial charge in [0.1, 0.15) is 0 Å². The van der Waals surface area contributed by atoms with Crippen molar-refractivity contribution < 1.29 is 9.53 Å². The van der Waals surface area contributed by atoms with Gasteiger partial charge in [-0.05, 0) is 18.3 Å². The third-order valence-corrected chi connectivity index (χ3v) is 3.49. The van der Waals surface area contributed by atoms with Crippen molar-refractivity contribution in [1.82, 2.24) is 0 Å². The van der Waals surface area contributed by atoms with Crippen LogP contribution >= 0.6 is 0 Å². The maximum absolute atomic E-state index is 10.9. The molecule has 2 nitrogen and oxygen atoms in total. The second-order valence-corrected chi connectivity index (χ2v) is 4.38. The van der Waals surface area contributed by atoms with Crippen LogP contribution in [0, 0.1) is 11.8 Å². The zero-order valence-corrected chi connectivity index (χ0v) is 8.13. The first-order chi connectivity index (χ1) is 6.36. The fourth-order valence-corrected chi connectivity index (χ4v) is 2.64. The van der Waals surface area contributed by atoms with Gasteiger partial charge in [0.2, 0.25) is 0 Å². The summed E-state index contributed by atoms with van der Waals surface area (Å²) in [5, 5.41) is 0.